The number of nitrogens with zero attached hydrogens (tertiary/aromatic N) is 1. The fourth-order valence-corrected chi connectivity index (χ4v) is 2.38. The zero-order chi connectivity index (χ0) is 13.2. The molecule has 3 rings (SSSR count). The quantitative estimate of drug-likeness (QED) is 0.772. The second kappa shape index (κ2) is 4.84. The van der Waals surface area contributed by atoms with Gasteiger partial charge < -0.3 is 4.74 Å². The Hall–Kier alpha value is -2.16. The van der Waals surface area contributed by atoms with E-state index >= 15 is 0 Å². The van der Waals surface area contributed by atoms with Crippen LogP contribution in [0.2, 0.25) is 0 Å². The van der Waals surface area contributed by atoms with E-state index in [1.807, 2.05) is 37.3 Å². The second-order valence-electron chi connectivity index (χ2n) is 4.74. The van der Waals surface area contributed by atoms with E-state index in [0.29, 0.717) is 17.9 Å². The first-order valence-electron chi connectivity index (χ1n) is 6.49. The van der Waals surface area contributed by atoms with E-state index in [4.69, 9.17) is 4.74 Å². The van der Waals surface area contributed by atoms with Crippen molar-refractivity contribution in [1.82, 2.24) is 4.98 Å². The minimum absolute atomic E-state index is 0.0672. The molecule has 2 heterocycles. The van der Waals surface area contributed by atoms with E-state index in [0.717, 1.165) is 29.8 Å². The van der Waals surface area contributed by atoms with E-state index in [9.17, 15) is 4.79 Å². The van der Waals surface area contributed by atoms with Gasteiger partial charge >= 0.3 is 0 Å². The average molecular weight is 253 g/mol. The summed E-state index contributed by atoms with van der Waals surface area (Å²) in [6.45, 7) is 2.56. The largest absolute Gasteiger partial charge is 0.493 e. The standard InChI is InChI=1S/C16H15NO2/c1-11-5-2-9-14(17-11)15(18)13-8-3-6-12-7-4-10-19-16(12)13/h2-3,5-6,8-9H,4,7,10H2,1H3. The number of aryl methyl sites for hydroxylation is 2. The first-order valence-corrected chi connectivity index (χ1v) is 6.49. The Morgan fingerprint density at radius 2 is 2.05 bits per heavy atom. The topological polar surface area (TPSA) is 39.2 Å². The molecule has 3 nitrogen and oxygen atoms in total. The first-order chi connectivity index (χ1) is 9.25. The molecular formula is C16H15NO2. The molecule has 0 spiro atoms. The summed E-state index contributed by atoms with van der Waals surface area (Å²) in [7, 11) is 0. The molecule has 0 aliphatic carbocycles. The van der Waals surface area contributed by atoms with Crippen LogP contribution >= 0.6 is 0 Å². The molecule has 0 atom stereocenters. The van der Waals surface area contributed by atoms with Gasteiger partial charge in [-0.05, 0) is 43.5 Å². The van der Waals surface area contributed by atoms with Crippen LogP contribution in [0.4, 0.5) is 0 Å². The van der Waals surface area contributed by atoms with Crippen molar-refractivity contribution in [2.24, 2.45) is 0 Å². The van der Waals surface area contributed by atoms with Crippen molar-refractivity contribution in [2.75, 3.05) is 6.61 Å². The van der Waals surface area contributed by atoms with E-state index in [1.165, 1.54) is 0 Å². The predicted molar refractivity (Wildman–Crippen MR) is 72.7 cm³/mol. The Morgan fingerprint density at radius 1 is 1.21 bits per heavy atom. The Kier molecular flexibility index (Phi) is 3.03. The van der Waals surface area contributed by atoms with Crippen molar-refractivity contribution < 1.29 is 9.53 Å². The van der Waals surface area contributed by atoms with Gasteiger partial charge in [-0.3, -0.25) is 4.79 Å². The molecule has 1 aromatic heterocycles. The fraction of sp³-hybridized carbons (Fsp3) is 0.250. The molecule has 2 aromatic rings. The maximum Gasteiger partial charge on any atom is 0.215 e. The number of carbonyl (C=O) groups is 1. The molecule has 0 N–H and O–H groups in total. The van der Waals surface area contributed by atoms with Crippen LogP contribution in [0.5, 0.6) is 5.75 Å². The van der Waals surface area contributed by atoms with Crippen molar-refractivity contribution in [3.8, 4) is 5.75 Å². The maximum atomic E-state index is 12.5. The molecule has 1 aromatic carbocycles. The third kappa shape index (κ3) is 2.24. The summed E-state index contributed by atoms with van der Waals surface area (Å²) < 4.78 is 5.68. The van der Waals surface area contributed by atoms with Gasteiger partial charge in [0.05, 0.1) is 12.2 Å². The summed E-state index contributed by atoms with van der Waals surface area (Å²) in [6, 6.07) is 11.2. The lowest BCUT2D eigenvalue weighted by Gasteiger charge is -2.19. The first kappa shape index (κ1) is 11.9. The normalized spacial score (nSPS) is 13.5. The molecule has 0 unspecified atom stereocenters. The lowest BCUT2D eigenvalue weighted by Crippen LogP contribution is -2.14. The number of hydrogen-bond acceptors (Lipinski definition) is 3. The number of aromatic nitrogens is 1. The molecule has 96 valence electrons. The highest BCUT2D eigenvalue weighted by Crippen LogP contribution is 2.30. The van der Waals surface area contributed by atoms with Crippen LogP contribution in [-0.2, 0) is 6.42 Å². The molecular weight excluding hydrogens is 238 g/mol. The molecule has 0 saturated carbocycles. The maximum absolute atomic E-state index is 12.5. The Morgan fingerprint density at radius 3 is 2.89 bits per heavy atom. The van der Waals surface area contributed by atoms with E-state index in [1.54, 1.807) is 6.07 Å². The predicted octanol–water partition coefficient (Wildman–Crippen LogP) is 2.95. The number of ketones is 1. The zero-order valence-electron chi connectivity index (χ0n) is 10.8. The van der Waals surface area contributed by atoms with Crippen LogP contribution in [0.1, 0.15) is 33.7 Å². The van der Waals surface area contributed by atoms with Gasteiger partial charge in [0.15, 0.2) is 0 Å². The van der Waals surface area contributed by atoms with Gasteiger partial charge in [0, 0.05) is 5.69 Å². The number of fused-ring (bicyclic) bond motifs is 1. The molecule has 1 aliphatic heterocycles. The van der Waals surface area contributed by atoms with Gasteiger partial charge in [-0.2, -0.15) is 0 Å². The highest BCUT2D eigenvalue weighted by Gasteiger charge is 2.20. The average Bonchev–Trinajstić information content (AvgIpc) is 2.46. The van der Waals surface area contributed by atoms with Crippen LogP contribution in [0.3, 0.4) is 0 Å². The van der Waals surface area contributed by atoms with Crippen molar-refractivity contribution >= 4 is 5.78 Å². The number of carbonyl (C=O) groups excluding carboxylic acids is 1. The molecule has 0 bridgehead atoms. The van der Waals surface area contributed by atoms with Crippen LogP contribution in [0.25, 0.3) is 0 Å². The summed E-state index contributed by atoms with van der Waals surface area (Å²) in [5.41, 5.74) is 3.05. The number of benzene rings is 1. The van der Waals surface area contributed by atoms with Crippen LogP contribution < -0.4 is 4.74 Å². The second-order valence-corrected chi connectivity index (χ2v) is 4.74. The van der Waals surface area contributed by atoms with Gasteiger partial charge in [0.25, 0.3) is 0 Å². The number of pyridine rings is 1. The summed E-state index contributed by atoms with van der Waals surface area (Å²) in [5.74, 6) is 0.671. The monoisotopic (exact) mass is 253 g/mol. The van der Waals surface area contributed by atoms with Gasteiger partial charge in [0.2, 0.25) is 5.78 Å². The minimum atomic E-state index is -0.0672. The van der Waals surface area contributed by atoms with Crippen molar-refractivity contribution in [2.45, 2.75) is 19.8 Å². The highest BCUT2D eigenvalue weighted by molar-refractivity contribution is 6.09. The molecule has 0 amide bonds. The molecule has 0 saturated heterocycles. The van der Waals surface area contributed by atoms with Gasteiger partial charge in [-0.1, -0.05) is 18.2 Å². The number of para-hydroxylation sites is 1. The zero-order valence-corrected chi connectivity index (χ0v) is 10.8. The van der Waals surface area contributed by atoms with Crippen molar-refractivity contribution in [3.63, 3.8) is 0 Å². The Labute approximate surface area is 112 Å². The summed E-state index contributed by atoms with van der Waals surface area (Å²) in [6.07, 6.45) is 1.98. The molecule has 3 heteroatoms. The molecule has 19 heavy (non-hydrogen) atoms. The number of ether oxygens (including phenoxy) is 1. The van der Waals surface area contributed by atoms with Crippen molar-refractivity contribution in [1.29, 1.82) is 0 Å². The Balaban J connectivity index is 2.05. The highest BCUT2D eigenvalue weighted by atomic mass is 16.5. The van der Waals surface area contributed by atoms with Crippen LogP contribution in [0, 0.1) is 6.92 Å². The van der Waals surface area contributed by atoms with Crippen LogP contribution in [-0.4, -0.2) is 17.4 Å². The summed E-state index contributed by atoms with van der Waals surface area (Å²) in [5, 5.41) is 0. The third-order valence-electron chi connectivity index (χ3n) is 3.30. The molecule has 0 radical (unpaired) electrons. The number of hydrogen-bond donors (Lipinski definition) is 0. The van der Waals surface area contributed by atoms with Gasteiger partial charge in [0.1, 0.15) is 11.4 Å². The van der Waals surface area contributed by atoms with Crippen molar-refractivity contribution in [3.05, 3.63) is 58.9 Å². The lowest BCUT2D eigenvalue weighted by atomic mass is 9.98. The number of rotatable bonds is 2. The summed E-state index contributed by atoms with van der Waals surface area (Å²) in [4.78, 5) is 16.8. The molecule has 1 aliphatic rings. The fourth-order valence-electron chi connectivity index (χ4n) is 2.38. The lowest BCUT2D eigenvalue weighted by molar-refractivity contribution is 0.102. The minimum Gasteiger partial charge on any atom is -0.493 e. The van der Waals surface area contributed by atoms with Crippen LogP contribution in [0.15, 0.2) is 36.4 Å². The van der Waals surface area contributed by atoms with E-state index in [-0.39, 0.29) is 5.78 Å². The SMILES string of the molecule is Cc1cccc(C(=O)c2cccc3c2OCCC3)n1. The third-order valence-corrected chi connectivity index (χ3v) is 3.30. The smallest absolute Gasteiger partial charge is 0.215 e. The summed E-state index contributed by atoms with van der Waals surface area (Å²) >= 11 is 0. The van der Waals surface area contributed by atoms with E-state index in [2.05, 4.69) is 4.98 Å². The van der Waals surface area contributed by atoms with E-state index < -0.39 is 0 Å². The molecule has 0 fully saturated rings. The van der Waals surface area contributed by atoms with Gasteiger partial charge in [-0.15, -0.1) is 0 Å². The van der Waals surface area contributed by atoms with Gasteiger partial charge in [-0.25, -0.2) is 4.98 Å². The Bertz CT molecular complexity index is 634.